The van der Waals surface area contributed by atoms with E-state index in [1.807, 2.05) is 6.07 Å². The average Bonchev–Trinajstić information content (AvgIpc) is 2.75. The van der Waals surface area contributed by atoms with Gasteiger partial charge in [-0.05, 0) is 6.07 Å². The number of fused-ring (bicyclic) bond motifs is 1. The van der Waals surface area contributed by atoms with Gasteiger partial charge in [-0.1, -0.05) is 11.6 Å². The van der Waals surface area contributed by atoms with Gasteiger partial charge in [0.25, 0.3) is 5.56 Å². The number of aromatic amines is 3. The summed E-state index contributed by atoms with van der Waals surface area (Å²) >= 11 is 5.74. The number of aromatic nitrogens is 5. The summed E-state index contributed by atoms with van der Waals surface area (Å²) in [5.74, 6) is 0.463. The first kappa shape index (κ1) is 9.98. The standard InChI is InChI=1S/C10H6ClN5O/c11-8-3-5(10(17)16-15-8)9-13-6-1-2-12-4-7(6)14-9/h1-4H,(H,13,14)(H,16,17)/p+1. The summed E-state index contributed by atoms with van der Waals surface area (Å²) < 4.78 is 0. The first-order valence-corrected chi connectivity index (χ1v) is 5.23. The molecule has 0 bridgehead atoms. The van der Waals surface area contributed by atoms with Crippen molar-refractivity contribution >= 4 is 22.6 Å². The van der Waals surface area contributed by atoms with Crippen LogP contribution in [0, 0.1) is 0 Å². The average molecular weight is 249 g/mol. The summed E-state index contributed by atoms with van der Waals surface area (Å²) in [5, 5.41) is 6.12. The molecule has 0 saturated heterocycles. The molecular formula is C10H7ClN5O+. The Labute approximate surface area is 99.7 Å². The summed E-state index contributed by atoms with van der Waals surface area (Å²) in [6.07, 6.45) is 3.53. The molecule has 3 aromatic heterocycles. The molecule has 7 heteroatoms. The number of hydrogen-bond donors (Lipinski definition) is 2. The molecule has 6 nitrogen and oxygen atoms in total. The van der Waals surface area contributed by atoms with Crippen LogP contribution in [0.2, 0.25) is 5.15 Å². The van der Waals surface area contributed by atoms with Gasteiger partial charge < -0.3 is 4.98 Å². The molecule has 17 heavy (non-hydrogen) atoms. The van der Waals surface area contributed by atoms with E-state index in [1.54, 1.807) is 12.4 Å². The summed E-state index contributed by atoms with van der Waals surface area (Å²) in [5.41, 5.74) is 1.61. The number of imidazole rings is 1. The highest BCUT2D eigenvalue weighted by Gasteiger charge is 2.11. The van der Waals surface area contributed by atoms with Crippen molar-refractivity contribution in [3.8, 4) is 11.4 Å². The predicted molar refractivity (Wildman–Crippen MR) is 61.5 cm³/mol. The number of hydrogen-bond acceptors (Lipinski definition) is 3. The molecule has 0 atom stereocenters. The van der Waals surface area contributed by atoms with Crippen molar-refractivity contribution in [1.29, 1.82) is 0 Å². The van der Waals surface area contributed by atoms with Gasteiger partial charge in [-0.2, -0.15) is 5.10 Å². The Kier molecular flexibility index (Phi) is 2.15. The third-order valence-corrected chi connectivity index (χ3v) is 2.55. The molecule has 3 aromatic rings. The van der Waals surface area contributed by atoms with Crippen molar-refractivity contribution in [2.75, 3.05) is 0 Å². The fourth-order valence-electron chi connectivity index (χ4n) is 1.58. The van der Waals surface area contributed by atoms with Crippen molar-refractivity contribution in [3.05, 3.63) is 40.0 Å². The van der Waals surface area contributed by atoms with E-state index in [1.165, 1.54) is 6.07 Å². The number of nitrogens with zero attached hydrogens (tertiary/aromatic N) is 2. The smallest absolute Gasteiger partial charge is 0.275 e. The van der Waals surface area contributed by atoms with E-state index < -0.39 is 0 Å². The molecule has 0 amide bonds. The van der Waals surface area contributed by atoms with Gasteiger partial charge >= 0.3 is 0 Å². The zero-order chi connectivity index (χ0) is 11.8. The first-order valence-electron chi connectivity index (χ1n) is 4.85. The van der Waals surface area contributed by atoms with Crippen LogP contribution < -0.4 is 10.5 Å². The minimum atomic E-state index is -0.336. The second kappa shape index (κ2) is 3.67. The van der Waals surface area contributed by atoms with Gasteiger partial charge in [0.2, 0.25) is 0 Å². The molecular weight excluding hydrogens is 242 g/mol. The summed E-state index contributed by atoms with van der Waals surface area (Å²) in [7, 11) is 0. The van der Waals surface area contributed by atoms with Crippen LogP contribution in [0.15, 0.2) is 29.3 Å². The van der Waals surface area contributed by atoms with Crippen LogP contribution in [0.5, 0.6) is 0 Å². The molecule has 3 rings (SSSR count). The zero-order valence-corrected chi connectivity index (χ0v) is 9.25. The Balaban J connectivity index is 2.27. The number of halogens is 1. The summed E-state index contributed by atoms with van der Waals surface area (Å²) in [4.78, 5) is 21.9. The SMILES string of the molecule is O=c1[nH]nc(Cl)cc1-c1nc2cc[nH+]cc2[nH]1. The van der Waals surface area contributed by atoms with Crippen LogP contribution in [0.4, 0.5) is 0 Å². The molecule has 0 fully saturated rings. The van der Waals surface area contributed by atoms with Gasteiger partial charge in [0.15, 0.2) is 12.4 Å². The Hall–Kier alpha value is -2.21. The van der Waals surface area contributed by atoms with Crippen LogP contribution >= 0.6 is 11.6 Å². The van der Waals surface area contributed by atoms with Gasteiger partial charge in [0.1, 0.15) is 22.0 Å². The molecule has 0 aromatic carbocycles. The largest absolute Gasteiger partial charge is 0.333 e. The highest BCUT2D eigenvalue weighted by Crippen LogP contribution is 2.17. The van der Waals surface area contributed by atoms with Crippen molar-refractivity contribution in [2.45, 2.75) is 0 Å². The maximum absolute atomic E-state index is 11.6. The normalized spacial score (nSPS) is 10.9. The quantitative estimate of drug-likeness (QED) is 0.667. The molecule has 0 unspecified atom stereocenters. The first-order chi connectivity index (χ1) is 8.24. The van der Waals surface area contributed by atoms with Gasteiger partial charge in [-0.15, -0.1) is 0 Å². The minimum absolute atomic E-state index is 0.214. The van der Waals surface area contributed by atoms with Gasteiger partial charge in [-0.3, -0.25) is 4.79 Å². The number of rotatable bonds is 1. The van der Waals surface area contributed by atoms with Gasteiger partial charge in [0, 0.05) is 6.07 Å². The Bertz CT molecular complexity index is 715. The van der Waals surface area contributed by atoms with E-state index in [9.17, 15) is 4.79 Å². The Morgan fingerprint density at radius 3 is 3.12 bits per heavy atom. The molecule has 3 N–H and O–H groups in total. The molecule has 3 heterocycles. The highest BCUT2D eigenvalue weighted by atomic mass is 35.5. The maximum atomic E-state index is 11.6. The van der Waals surface area contributed by atoms with Crippen molar-refractivity contribution in [3.63, 3.8) is 0 Å². The zero-order valence-electron chi connectivity index (χ0n) is 8.49. The molecule has 0 aliphatic rings. The summed E-state index contributed by atoms with van der Waals surface area (Å²) in [6, 6.07) is 3.29. The second-order valence-corrected chi connectivity index (χ2v) is 3.85. The fourth-order valence-corrected chi connectivity index (χ4v) is 1.73. The van der Waals surface area contributed by atoms with Gasteiger partial charge in [0.05, 0.1) is 5.56 Å². The van der Waals surface area contributed by atoms with E-state index in [4.69, 9.17) is 11.6 Å². The molecule has 84 valence electrons. The molecule has 0 aliphatic heterocycles. The number of H-pyrrole nitrogens is 3. The van der Waals surface area contributed by atoms with Crippen LogP contribution in [0.1, 0.15) is 0 Å². The lowest BCUT2D eigenvalue weighted by Gasteiger charge is -1.94. The minimum Gasteiger partial charge on any atom is -0.333 e. The second-order valence-electron chi connectivity index (χ2n) is 3.46. The van der Waals surface area contributed by atoms with Crippen LogP contribution in [0.3, 0.4) is 0 Å². The van der Waals surface area contributed by atoms with Gasteiger partial charge in [-0.25, -0.2) is 15.1 Å². The van der Waals surface area contributed by atoms with Crippen molar-refractivity contribution < 1.29 is 4.98 Å². The van der Waals surface area contributed by atoms with E-state index in [2.05, 4.69) is 25.1 Å². The van der Waals surface area contributed by atoms with Crippen LogP contribution in [-0.2, 0) is 0 Å². The van der Waals surface area contributed by atoms with Crippen LogP contribution in [0.25, 0.3) is 22.4 Å². The topological polar surface area (TPSA) is 88.6 Å². The summed E-state index contributed by atoms with van der Waals surface area (Å²) in [6.45, 7) is 0. The van der Waals surface area contributed by atoms with Crippen LogP contribution in [-0.4, -0.2) is 20.2 Å². The highest BCUT2D eigenvalue weighted by molar-refractivity contribution is 6.29. The molecule has 0 radical (unpaired) electrons. The maximum Gasteiger partial charge on any atom is 0.275 e. The lowest BCUT2D eigenvalue weighted by Crippen LogP contribution is -2.11. The van der Waals surface area contributed by atoms with Crippen molar-refractivity contribution in [1.82, 2.24) is 20.2 Å². The van der Waals surface area contributed by atoms with E-state index in [-0.39, 0.29) is 10.7 Å². The third-order valence-electron chi connectivity index (χ3n) is 2.35. The predicted octanol–water partition coefficient (Wildman–Crippen LogP) is 0.781. The lowest BCUT2D eigenvalue weighted by molar-refractivity contribution is -0.376. The lowest BCUT2D eigenvalue weighted by atomic mass is 10.3. The monoisotopic (exact) mass is 248 g/mol. The Morgan fingerprint density at radius 2 is 2.29 bits per heavy atom. The van der Waals surface area contributed by atoms with E-state index in [0.29, 0.717) is 11.4 Å². The fraction of sp³-hybridized carbons (Fsp3) is 0. The Morgan fingerprint density at radius 1 is 1.41 bits per heavy atom. The van der Waals surface area contributed by atoms with E-state index in [0.717, 1.165) is 11.0 Å². The molecule has 0 spiro atoms. The number of pyridine rings is 1. The number of nitrogens with one attached hydrogen (secondary N) is 3. The van der Waals surface area contributed by atoms with E-state index >= 15 is 0 Å². The third kappa shape index (κ3) is 1.68. The molecule has 0 saturated carbocycles. The van der Waals surface area contributed by atoms with Crippen molar-refractivity contribution in [2.24, 2.45) is 0 Å². The molecule has 0 aliphatic carbocycles.